The van der Waals surface area contributed by atoms with Gasteiger partial charge in [-0.3, -0.25) is 9.59 Å². The van der Waals surface area contributed by atoms with Gasteiger partial charge in [0.1, 0.15) is 11.8 Å². The predicted octanol–water partition coefficient (Wildman–Crippen LogP) is 4.01. The molecule has 0 spiro atoms. The topological polar surface area (TPSA) is 74.4 Å². The Morgan fingerprint density at radius 1 is 1.06 bits per heavy atom. The van der Waals surface area contributed by atoms with Crippen LogP contribution in [0.15, 0.2) is 72.8 Å². The second kappa shape index (κ2) is 8.06. The van der Waals surface area contributed by atoms with Crippen LogP contribution in [0, 0.1) is 0 Å². The molecule has 3 heterocycles. The standard InChI is InChI=1S/C28H25N3O3/c1-34-18-12-10-17(11-13-18)14-15-29-27(32)24-16-22-19-6-4-5-9-23(19)30-25(22)26-20-7-2-3-8-21(20)28(33)31(24)26/h2-13,24,26,30H,14-16H2,1H3,(H,29,32)/t24-,26+/m0/s1. The number of nitrogens with one attached hydrogen (secondary N) is 2. The van der Waals surface area contributed by atoms with E-state index in [0.29, 0.717) is 24.9 Å². The van der Waals surface area contributed by atoms with Gasteiger partial charge in [0.25, 0.3) is 5.91 Å². The molecule has 1 aromatic heterocycles. The molecule has 6 heteroatoms. The van der Waals surface area contributed by atoms with E-state index in [9.17, 15) is 9.59 Å². The number of para-hydroxylation sites is 1. The Bertz CT molecular complexity index is 1410. The number of methoxy groups -OCH3 is 1. The van der Waals surface area contributed by atoms with Crippen molar-refractivity contribution in [2.75, 3.05) is 13.7 Å². The maximum atomic E-state index is 13.5. The number of hydrogen-bond acceptors (Lipinski definition) is 3. The van der Waals surface area contributed by atoms with Crippen LogP contribution in [0.1, 0.15) is 38.8 Å². The number of fused-ring (bicyclic) bond motifs is 7. The Hall–Kier alpha value is -4.06. The molecule has 6 rings (SSSR count). The average Bonchev–Trinajstić information content (AvgIpc) is 3.39. The Balaban J connectivity index is 1.31. The molecule has 6 nitrogen and oxygen atoms in total. The van der Waals surface area contributed by atoms with E-state index in [2.05, 4.69) is 16.4 Å². The molecule has 2 N–H and O–H groups in total. The van der Waals surface area contributed by atoms with Crippen LogP contribution in [0.2, 0.25) is 0 Å². The van der Waals surface area contributed by atoms with Crippen LogP contribution in [0.5, 0.6) is 5.75 Å². The van der Waals surface area contributed by atoms with Crippen molar-refractivity contribution in [3.8, 4) is 5.75 Å². The summed E-state index contributed by atoms with van der Waals surface area (Å²) in [5.41, 5.74) is 5.92. The number of benzene rings is 3. The van der Waals surface area contributed by atoms with E-state index in [4.69, 9.17) is 4.74 Å². The van der Waals surface area contributed by atoms with Crippen LogP contribution < -0.4 is 10.1 Å². The van der Waals surface area contributed by atoms with Crippen LogP contribution >= 0.6 is 0 Å². The maximum Gasteiger partial charge on any atom is 0.255 e. The molecule has 0 bridgehead atoms. The number of nitrogens with zero attached hydrogens (tertiary/aromatic N) is 1. The summed E-state index contributed by atoms with van der Waals surface area (Å²) < 4.78 is 5.21. The summed E-state index contributed by atoms with van der Waals surface area (Å²) in [6.07, 6.45) is 1.20. The molecule has 2 atom stereocenters. The molecule has 2 amide bonds. The van der Waals surface area contributed by atoms with Gasteiger partial charge < -0.3 is 19.9 Å². The maximum absolute atomic E-state index is 13.5. The SMILES string of the molecule is COc1ccc(CCNC(=O)[C@@H]2Cc3c([nH]c4ccccc34)[C@H]3c4ccccc4C(=O)N32)cc1. The molecule has 0 saturated heterocycles. The van der Waals surface area contributed by atoms with E-state index in [0.717, 1.165) is 39.0 Å². The molecule has 2 aliphatic heterocycles. The lowest BCUT2D eigenvalue weighted by molar-refractivity contribution is -0.126. The monoisotopic (exact) mass is 451 g/mol. The highest BCUT2D eigenvalue weighted by Crippen LogP contribution is 2.46. The number of carbonyl (C=O) groups is 2. The largest absolute Gasteiger partial charge is 0.497 e. The Labute approximate surface area is 197 Å². The van der Waals surface area contributed by atoms with Gasteiger partial charge >= 0.3 is 0 Å². The second-order valence-electron chi connectivity index (χ2n) is 8.87. The normalized spacial score (nSPS) is 18.4. The molecule has 3 aromatic carbocycles. The Morgan fingerprint density at radius 2 is 1.82 bits per heavy atom. The van der Waals surface area contributed by atoms with Crippen LogP contribution in [-0.2, 0) is 17.6 Å². The fraction of sp³-hybridized carbons (Fsp3) is 0.214. The van der Waals surface area contributed by atoms with Gasteiger partial charge in [-0.2, -0.15) is 0 Å². The number of ether oxygens (including phenoxy) is 1. The zero-order valence-electron chi connectivity index (χ0n) is 18.9. The smallest absolute Gasteiger partial charge is 0.255 e. The van der Waals surface area contributed by atoms with E-state index in [1.54, 1.807) is 12.0 Å². The summed E-state index contributed by atoms with van der Waals surface area (Å²) in [7, 11) is 1.64. The summed E-state index contributed by atoms with van der Waals surface area (Å²) in [5.74, 6) is 0.610. The van der Waals surface area contributed by atoms with Gasteiger partial charge in [-0.15, -0.1) is 0 Å². The molecule has 0 radical (unpaired) electrons. The lowest BCUT2D eigenvalue weighted by Crippen LogP contribution is -2.52. The number of carbonyl (C=O) groups excluding carboxylic acids is 2. The first-order valence-electron chi connectivity index (χ1n) is 11.6. The fourth-order valence-corrected chi connectivity index (χ4v) is 5.38. The van der Waals surface area contributed by atoms with E-state index in [-0.39, 0.29) is 17.9 Å². The van der Waals surface area contributed by atoms with Crippen molar-refractivity contribution < 1.29 is 14.3 Å². The summed E-state index contributed by atoms with van der Waals surface area (Å²) in [4.78, 5) is 32.2. The third-order valence-electron chi connectivity index (χ3n) is 7.03. The molecular formula is C28H25N3O3. The van der Waals surface area contributed by atoms with Gasteiger partial charge in [0.2, 0.25) is 5.91 Å². The highest BCUT2D eigenvalue weighted by Gasteiger charge is 2.48. The summed E-state index contributed by atoms with van der Waals surface area (Å²) >= 11 is 0. The molecule has 0 fully saturated rings. The molecular weight excluding hydrogens is 426 g/mol. The number of H-pyrrole nitrogens is 1. The number of aromatic amines is 1. The second-order valence-corrected chi connectivity index (χ2v) is 8.87. The van der Waals surface area contributed by atoms with Gasteiger partial charge in [-0.05, 0) is 47.4 Å². The highest BCUT2D eigenvalue weighted by atomic mass is 16.5. The summed E-state index contributed by atoms with van der Waals surface area (Å²) in [5, 5.41) is 4.20. The van der Waals surface area contributed by atoms with Crippen molar-refractivity contribution >= 4 is 22.7 Å². The zero-order chi connectivity index (χ0) is 23.2. The van der Waals surface area contributed by atoms with Gasteiger partial charge in [-0.1, -0.05) is 48.5 Å². The van der Waals surface area contributed by atoms with Crippen molar-refractivity contribution in [2.24, 2.45) is 0 Å². The lowest BCUT2D eigenvalue weighted by atomic mass is 9.90. The van der Waals surface area contributed by atoms with Gasteiger partial charge in [0.15, 0.2) is 0 Å². The van der Waals surface area contributed by atoms with Crippen molar-refractivity contribution in [3.05, 3.63) is 101 Å². The lowest BCUT2D eigenvalue weighted by Gasteiger charge is -2.37. The van der Waals surface area contributed by atoms with Crippen molar-refractivity contribution in [2.45, 2.75) is 24.9 Å². The van der Waals surface area contributed by atoms with Crippen LogP contribution in [0.25, 0.3) is 10.9 Å². The highest BCUT2D eigenvalue weighted by molar-refractivity contribution is 6.03. The minimum Gasteiger partial charge on any atom is -0.497 e. The number of amides is 2. The van der Waals surface area contributed by atoms with E-state index in [1.165, 1.54) is 0 Å². The Kier molecular flexibility index (Phi) is 4.87. The van der Waals surface area contributed by atoms with Crippen molar-refractivity contribution in [1.29, 1.82) is 0 Å². The van der Waals surface area contributed by atoms with Crippen LogP contribution in [0.3, 0.4) is 0 Å². The summed E-state index contributed by atoms with van der Waals surface area (Å²) in [6, 6.07) is 22.8. The van der Waals surface area contributed by atoms with Gasteiger partial charge in [0, 0.05) is 35.1 Å². The third kappa shape index (κ3) is 3.17. The Morgan fingerprint density at radius 3 is 2.65 bits per heavy atom. The molecule has 4 aromatic rings. The van der Waals surface area contributed by atoms with E-state index >= 15 is 0 Å². The summed E-state index contributed by atoms with van der Waals surface area (Å²) in [6.45, 7) is 0.502. The molecule has 0 aliphatic carbocycles. The van der Waals surface area contributed by atoms with Gasteiger partial charge in [-0.25, -0.2) is 0 Å². The molecule has 0 saturated carbocycles. The minimum atomic E-state index is -0.563. The van der Waals surface area contributed by atoms with Gasteiger partial charge in [0.05, 0.1) is 13.2 Å². The van der Waals surface area contributed by atoms with Crippen molar-refractivity contribution in [3.63, 3.8) is 0 Å². The molecule has 0 unspecified atom stereocenters. The van der Waals surface area contributed by atoms with E-state index < -0.39 is 6.04 Å². The molecule has 34 heavy (non-hydrogen) atoms. The number of aromatic nitrogens is 1. The number of hydrogen-bond donors (Lipinski definition) is 2. The quantitative estimate of drug-likeness (QED) is 0.482. The van der Waals surface area contributed by atoms with Crippen molar-refractivity contribution in [1.82, 2.24) is 15.2 Å². The third-order valence-corrected chi connectivity index (χ3v) is 7.03. The molecule has 2 aliphatic rings. The van der Waals surface area contributed by atoms with E-state index in [1.807, 2.05) is 66.7 Å². The van der Waals surface area contributed by atoms with Crippen LogP contribution in [-0.4, -0.2) is 41.4 Å². The fourth-order valence-electron chi connectivity index (χ4n) is 5.38. The first-order chi connectivity index (χ1) is 16.7. The molecule has 170 valence electrons. The zero-order valence-corrected chi connectivity index (χ0v) is 18.9. The minimum absolute atomic E-state index is 0.0831. The average molecular weight is 452 g/mol. The van der Waals surface area contributed by atoms with Crippen LogP contribution in [0.4, 0.5) is 0 Å². The number of rotatable bonds is 5. The first-order valence-corrected chi connectivity index (χ1v) is 11.6. The predicted molar refractivity (Wildman–Crippen MR) is 130 cm³/mol. The first kappa shape index (κ1) is 20.5.